The number of carbonyl (C=O) groups is 4. The minimum atomic E-state index is 0. The Balaban J connectivity index is -0.000000412. The molecule has 33 heavy (non-hydrogen) atoms. The van der Waals surface area contributed by atoms with Crippen LogP contribution < -0.4 is 0 Å². The van der Waals surface area contributed by atoms with Gasteiger partial charge in [0.05, 0.1) is 11.8 Å². The number of likely N-dealkylation sites (tertiary alicyclic amines) is 2. The van der Waals surface area contributed by atoms with Crippen LogP contribution in [0.4, 0.5) is 0 Å². The number of aliphatic hydroxyl groups excluding tert-OH is 1. The molecule has 0 aromatic heterocycles. The van der Waals surface area contributed by atoms with Crippen LogP contribution in [-0.4, -0.2) is 59.6 Å². The van der Waals surface area contributed by atoms with E-state index >= 15 is 0 Å². The third kappa shape index (κ3) is 11.0. The van der Waals surface area contributed by atoms with E-state index in [0.29, 0.717) is 11.8 Å². The van der Waals surface area contributed by atoms with Gasteiger partial charge in [-0.1, -0.05) is 32.3 Å². The van der Waals surface area contributed by atoms with E-state index in [1.165, 1.54) is 38.0 Å². The average Bonchev–Trinajstić information content (AvgIpc) is 3.11. The minimum absolute atomic E-state index is 0. The second kappa shape index (κ2) is 19.8. The van der Waals surface area contributed by atoms with Crippen LogP contribution in [0.25, 0.3) is 0 Å². The first-order valence-electron chi connectivity index (χ1n) is 10.9. The van der Waals surface area contributed by atoms with Gasteiger partial charge < -0.3 is 14.8 Å². The molecule has 10 heteroatoms. The molecule has 0 bridgehead atoms. The molecule has 2 saturated heterocycles. The number of hydrogen-bond acceptors (Lipinski definition) is 5. The largest absolute Gasteiger partial charge is 0.400 e. The number of Topliss-reactive ketones (excluding diaryl/α,β-unsaturated/α-hetero) is 1. The van der Waals surface area contributed by atoms with Gasteiger partial charge in [0.25, 0.3) is 0 Å². The number of fused-ring (bicyclic) bond motifs is 2. The van der Waals surface area contributed by atoms with E-state index in [0.717, 1.165) is 44.9 Å². The Morgan fingerprint density at radius 1 is 0.697 bits per heavy atom. The van der Waals surface area contributed by atoms with Crippen molar-refractivity contribution in [3.63, 3.8) is 0 Å². The van der Waals surface area contributed by atoms with Gasteiger partial charge in [0.15, 0.2) is 0 Å². The van der Waals surface area contributed by atoms with Gasteiger partial charge in [-0.3, -0.25) is 19.3 Å². The van der Waals surface area contributed by atoms with Crippen LogP contribution in [-0.2, 0) is 19.2 Å². The molecule has 4 unspecified atom stereocenters. The molecule has 0 spiro atoms. The van der Waals surface area contributed by atoms with Crippen LogP contribution in [0.2, 0.25) is 0 Å². The van der Waals surface area contributed by atoms with Gasteiger partial charge in [-0.2, -0.15) is 0 Å². The number of rotatable bonds is 0. The summed E-state index contributed by atoms with van der Waals surface area (Å²) < 4.78 is 0. The van der Waals surface area contributed by atoms with Crippen LogP contribution in [0, 0.1) is 137 Å². The summed E-state index contributed by atoms with van der Waals surface area (Å²) in [5.41, 5.74) is 1.05. The van der Waals surface area contributed by atoms with Gasteiger partial charge in [-0.25, -0.2) is 0 Å². The number of allylic oxidation sites excluding steroid dienone is 1. The molecule has 1 N–H and O–H groups in total. The number of hydrogen-bond donors (Lipinski definition) is 1. The molecule has 0 aromatic rings. The second-order valence-corrected chi connectivity index (χ2v) is 8.53. The monoisotopic (exact) mass is 542 g/mol. The number of aliphatic hydroxyl groups is 1. The van der Waals surface area contributed by atoms with Crippen molar-refractivity contribution in [1.29, 1.82) is 0 Å². The molecule has 2 saturated carbocycles. The molecule has 4 fully saturated rings. The van der Waals surface area contributed by atoms with E-state index in [1.807, 2.05) is 7.05 Å². The van der Waals surface area contributed by atoms with Crippen LogP contribution in [0.3, 0.4) is 0 Å². The fraction of sp³-hybridized carbons (Fsp3) is 0.739. The molecule has 3 amide bonds. The van der Waals surface area contributed by atoms with Crippen LogP contribution in [0.5, 0.6) is 0 Å². The summed E-state index contributed by atoms with van der Waals surface area (Å²) in [6, 6.07) is 0. The van der Waals surface area contributed by atoms with E-state index in [-0.39, 0.29) is 149 Å². The van der Waals surface area contributed by atoms with E-state index in [4.69, 9.17) is 5.11 Å². The van der Waals surface area contributed by atoms with Gasteiger partial charge in [-0.15, -0.1) is 0 Å². The molecule has 0 radical (unpaired) electrons. The SMILES string of the molecule is C=C1C2CCCCC2C(=O)N1C.CC(C)=O.CN1C(=O)C2CCCCC2C1=O.CO.[Ar].[Ar].[Ar]. The first-order chi connectivity index (χ1) is 14.2. The van der Waals surface area contributed by atoms with Gasteiger partial charge >= 0.3 is 0 Å². The van der Waals surface area contributed by atoms with Crippen molar-refractivity contribution < 1.29 is 137 Å². The Hall–Kier alpha value is 1.76. The molecule has 7 nitrogen and oxygen atoms in total. The summed E-state index contributed by atoms with van der Waals surface area (Å²) in [5, 5.41) is 7.00. The average molecular weight is 542 g/mol. The van der Waals surface area contributed by atoms with Crippen molar-refractivity contribution in [2.75, 3.05) is 21.2 Å². The molecule has 194 valence electrons. The Morgan fingerprint density at radius 3 is 1.24 bits per heavy atom. The summed E-state index contributed by atoms with van der Waals surface area (Å²) in [6.45, 7) is 7.03. The van der Waals surface area contributed by atoms with E-state index in [2.05, 4.69) is 6.58 Å². The molecule has 4 rings (SSSR count). The van der Waals surface area contributed by atoms with Crippen molar-refractivity contribution in [1.82, 2.24) is 9.80 Å². The second-order valence-electron chi connectivity index (χ2n) is 8.53. The minimum Gasteiger partial charge on any atom is -0.400 e. The van der Waals surface area contributed by atoms with Crippen LogP contribution in [0.1, 0.15) is 65.2 Å². The van der Waals surface area contributed by atoms with E-state index in [9.17, 15) is 19.2 Å². The topological polar surface area (TPSA) is 95.0 Å². The fourth-order valence-electron chi connectivity index (χ4n) is 4.79. The van der Waals surface area contributed by atoms with Crippen molar-refractivity contribution in [2.24, 2.45) is 23.7 Å². The maximum atomic E-state index is 11.6. The maximum absolute atomic E-state index is 11.6. The molecule has 2 heterocycles. The first kappa shape index (κ1) is 39.3. The number of amides is 3. The van der Waals surface area contributed by atoms with E-state index in [1.54, 1.807) is 11.9 Å². The van der Waals surface area contributed by atoms with E-state index < -0.39 is 0 Å². The quantitative estimate of drug-likeness (QED) is 0.476. The summed E-state index contributed by atoms with van der Waals surface area (Å²) in [6.07, 6.45) is 8.77. The molecular weight excluding hydrogens is 504 g/mol. The maximum Gasteiger partial charge on any atom is 0.232 e. The molecule has 4 atom stereocenters. The number of ketones is 1. The number of imide groups is 1. The predicted octanol–water partition coefficient (Wildman–Crippen LogP) is 2.77. The standard InChI is InChI=1S/C10H15NO.C9H13NO2.C3H6O.CH4O.3Ar/c1-7-8-5-3-4-6-9(8)10(12)11(7)2;1-10-8(11)6-4-2-3-5-7(6)9(10)12;1-3(2)4;1-2;;;/h8-9H,1,3-6H2,2H3;6-7H,2-5H2,1H3;1-2H3;2H,1H3;;;. The molecule has 2 aliphatic carbocycles. The smallest absolute Gasteiger partial charge is 0.232 e. The Kier molecular flexibility index (Phi) is 23.6. The molecular formula is C23H38Ar3N2O5. The van der Waals surface area contributed by atoms with Gasteiger partial charge in [0.1, 0.15) is 5.78 Å². The fourth-order valence-corrected chi connectivity index (χ4v) is 4.79. The summed E-state index contributed by atoms with van der Waals surface area (Å²) in [5.74, 6) is 1.35. The summed E-state index contributed by atoms with van der Waals surface area (Å²) in [7, 11) is 4.45. The van der Waals surface area contributed by atoms with Crippen LogP contribution in [0.15, 0.2) is 12.3 Å². The first-order valence-corrected chi connectivity index (χ1v) is 10.9. The van der Waals surface area contributed by atoms with Crippen LogP contribution >= 0.6 is 0 Å². The predicted molar refractivity (Wildman–Crippen MR) is 115 cm³/mol. The van der Waals surface area contributed by atoms with Crippen molar-refractivity contribution in [2.45, 2.75) is 65.2 Å². The van der Waals surface area contributed by atoms with Crippen molar-refractivity contribution in [3.05, 3.63) is 12.3 Å². The molecule has 2 aliphatic heterocycles. The normalized spacial score (nSPS) is 26.8. The third-order valence-electron chi connectivity index (χ3n) is 6.33. The zero-order chi connectivity index (χ0) is 23.0. The Bertz CT molecular complexity index is 572. The van der Waals surface area contributed by atoms with Gasteiger partial charge in [-0.05, 0) is 39.5 Å². The Morgan fingerprint density at radius 2 is 0.939 bits per heavy atom. The number of nitrogens with zero attached hydrogens (tertiary/aromatic N) is 2. The van der Waals surface area contributed by atoms with Crippen molar-refractivity contribution >= 4 is 23.5 Å². The zero-order valence-corrected chi connectivity index (χ0v) is 22.3. The number of carbonyl (C=O) groups excluding carboxylic acids is 4. The Labute approximate surface area is 288 Å². The van der Waals surface area contributed by atoms with Gasteiger partial charge in [0.2, 0.25) is 17.7 Å². The van der Waals surface area contributed by atoms with Gasteiger partial charge in [0, 0.05) is 152 Å². The molecule has 0 aromatic carbocycles. The summed E-state index contributed by atoms with van der Waals surface area (Å²) >= 11 is 0. The third-order valence-corrected chi connectivity index (χ3v) is 6.33. The summed E-state index contributed by atoms with van der Waals surface area (Å²) in [4.78, 5) is 47.0. The van der Waals surface area contributed by atoms with Crippen molar-refractivity contribution in [3.8, 4) is 0 Å². The molecule has 4 aliphatic rings. The zero-order valence-electron chi connectivity index (χ0n) is 20.2.